The van der Waals surface area contributed by atoms with Crippen LogP contribution in [0.3, 0.4) is 0 Å². The van der Waals surface area contributed by atoms with Gasteiger partial charge in [0.15, 0.2) is 0 Å². The number of rotatable bonds is 6. The van der Waals surface area contributed by atoms with Gasteiger partial charge in [-0.1, -0.05) is 24.3 Å². The van der Waals surface area contributed by atoms with Gasteiger partial charge in [0.05, 0.1) is 17.4 Å². The first kappa shape index (κ1) is 16.7. The number of hydrogen-bond acceptors (Lipinski definition) is 3. The SMILES string of the molecule is O=C(C[C@@H]1C=CCC1)Nc1ccccc1C(=O)NC[C@H]1CCCO1. The molecule has 2 aliphatic rings. The highest BCUT2D eigenvalue weighted by atomic mass is 16.5. The van der Waals surface area contributed by atoms with Gasteiger partial charge in [0, 0.05) is 19.6 Å². The molecule has 0 bridgehead atoms. The van der Waals surface area contributed by atoms with Crippen molar-refractivity contribution < 1.29 is 14.3 Å². The molecule has 1 aromatic rings. The van der Waals surface area contributed by atoms with Crippen LogP contribution in [0.5, 0.6) is 0 Å². The minimum Gasteiger partial charge on any atom is -0.376 e. The van der Waals surface area contributed by atoms with E-state index >= 15 is 0 Å². The van der Waals surface area contributed by atoms with Crippen molar-refractivity contribution in [3.8, 4) is 0 Å². The molecular formula is C19H24N2O3. The quantitative estimate of drug-likeness (QED) is 0.789. The van der Waals surface area contributed by atoms with E-state index in [0.29, 0.717) is 30.1 Å². The van der Waals surface area contributed by atoms with Crippen molar-refractivity contribution in [3.63, 3.8) is 0 Å². The van der Waals surface area contributed by atoms with Crippen LogP contribution < -0.4 is 10.6 Å². The summed E-state index contributed by atoms with van der Waals surface area (Å²) in [5, 5.41) is 5.78. The summed E-state index contributed by atoms with van der Waals surface area (Å²) < 4.78 is 5.52. The molecule has 1 aliphatic carbocycles. The number of para-hydroxylation sites is 1. The fourth-order valence-corrected chi connectivity index (χ4v) is 3.20. The summed E-state index contributed by atoms with van der Waals surface area (Å²) in [7, 11) is 0. The van der Waals surface area contributed by atoms with E-state index in [2.05, 4.69) is 22.8 Å². The Balaban J connectivity index is 1.57. The van der Waals surface area contributed by atoms with Gasteiger partial charge in [-0.2, -0.15) is 0 Å². The average molecular weight is 328 g/mol. The van der Waals surface area contributed by atoms with E-state index in [9.17, 15) is 9.59 Å². The Hall–Kier alpha value is -2.14. The predicted octanol–water partition coefficient (Wildman–Crippen LogP) is 2.89. The van der Waals surface area contributed by atoms with Crippen LogP contribution in [-0.4, -0.2) is 31.1 Å². The number of allylic oxidation sites excluding steroid dienone is 2. The lowest BCUT2D eigenvalue weighted by atomic mass is 10.0. The molecule has 3 rings (SSSR count). The van der Waals surface area contributed by atoms with Crippen LogP contribution in [-0.2, 0) is 9.53 Å². The smallest absolute Gasteiger partial charge is 0.253 e. The Bertz CT molecular complexity index is 621. The maximum atomic E-state index is 12.4. The largest absolute Gasteiger partial charge is 0.376 e. The highest BCUT2D eigenvalue weighted by molar-refractivity contribution is 6.03. The van der Waals surface area contributed by atoms with Gasteiger partial charge in [-0.15, -0.1) is 0 Å². The highest BCUT2D eigenvalue weighted by Gasteiger charge is 2.19. The van der Waals surface area contributed by atoms with Crippen LogP contribution in [0.1, 0.15) is 42.5 Å². The van der Waals surface area contributed by atoms with Gasteiger partial charge in [0.1, 0.15) is 0 Å². The highest BCUT2D eigenvalue weighted by Crippen LogP contribution is 2.22. The molecule has 1 saturated heterocycles. The van der Waals surface area contributed by atoms with Crippen molar-refractivity contribution in [1.29, 1.82) is 0 Å². The van der Waals surface area contributed by atoms with Gasteiger partial charge in [0.25, 0.3) is 5.91 Å². The van der Waals surface area contributed by atoms with E-state index in [1.165, 1.54) is 0 Å². The number of amides is 2. The second kappa shape index (κ2) is 8.11. The zero-order valence-electron chi connectivity index (χ0n) is 13.8. The Kier molecular flexibility index (Phi) is 5.64. The van der Waals surface area contributed by atoms with Crippen molar-refractivity contribution >= 4 is 17.5 Å². The Labute approximate surface area is 142 Å². The van der Waals surface area contributed by atoms with E-state index in [4.69, 9.17) is 4.74 Å². The molecule has 128 valence electrons. The molecule has 1 aliphatic heterocycles. The van der Waals surface area contributed by atoms with E-state index in [-0.39, 0.29) is 17.9 Å². The third kappa shape index (κ3) is 4.45. The number of nitrogens with one attached hydrogen (secondary N) is 2. The summed E-state index contributed by atoms with van der Waals surface area (Å²) in [6.07, 6.45) is 8.87. The van der Waals surface area contributed by atoms with Crippen LogP contribution in [0.4, 0.5) is 5.69 Å². The van der Waals surface area contributed by atoms with Crippen LogP contribution in [0.15, 0.2) is 36.4 Å². The number of carbonyl (C=O) groups is 2. The first-order valence-electron chi connectivity index (χ1n) is 8.67. The van der Waals surface area contributed by atoms with Gasteiger partial charge < -0.3 is 15.4 Å². The topological polar surface area (TPSA) is 67.4 Å². The molecule has 0 spiro atoms. The van der Waals surface area contributed by atoms with Crippen LogP contribution in [0.25, 0.3) is 0 Å². The van der Waals surface area contributed by atoms with Gasteiger partial charge in [-0.25, -0.2) is 0 Å². The maximum absolute atomic E-state index is 12.4. The lowest BCUT2D eigenvalue weighted by Crippen LogP contribution is -2.32. The summed E-state index contributed by atoms with van der Waals surface area (Å²) in [6.45, 7) is 1.27. The third-order valence-electron chi connectivity index (χ3n) is 4.52. The van der Waals surface area contributed by atoms with Gasteiger partial charge in [-0.3, -0.25) is 9.59 Å². The third-order valence-corrected chi connectivity index (χ3v) is 4.52. The zero-order valence-corrected chi connectivity index (χ0v) is 13.8. The fraction of sp³-hybridized carbons (Fsp3) is 0.474. The van der Waals surface area contributed by atoms with Gasteiger partial charge >= 0.3 is 0 Å². The van der Waals surface area contributed by atoms with Crippen LogP contribution in [0, 0.1) is 5.92 Å². The second-order valence-electron chi connectivity index (χ2n) is 6.41. The van der Waals surface area contributed by atoms with E-state index in [1.807, 2.05) is 6.07 Å². The minimum absolute atomic E-state index is 0.0501. The first-order valence-corrected chi connectivity index (χ1v) is 8.67. The zero-order chi connectivity index (χ0) is 16.8. The molecular weight excluding hydrogens is 304 g/mol. The van der Waals surface area contributed by atoms with Crippen molar-refractivity contribution in [1.82, 2.24) is 5.32 Å². The molecule has 0 unspecified atom stereocenters. The maximum Gasteiger partial charge on any atom is 0.253 e. The summed E-state index contributed by atoms with van der Waals surface area (Å²) in [6, 6.07) is 7.12. The average Bonchev–Trinajstić information content (AvgIpc) is 3.26. The minimum atomic E-state index is -0.179. The molecule has 5 nitrogen and oxygen atoms in total. The number of carbonyl (C=O) groups excluding carboxylic acids is 2. The number of hydrogen-bond donors (Lipinski definition) is 2. The summed E-state index contributed by atoms with van der Waals surface area (Å²) in [4.78, 5) is 24.6. The van der Waals surface area contributed by atoms with Crippen molar-refractivity contribution in [3.05, 3.63) is 42.0 Å². The fourth-order valence-electron chi connectivity index (χ4n) is 3.20. The molecule has 1 heterocycles. The molecule has 5 heteroatoms. The number of ether oxygens (including phenoxy) is 1. The molecule has 0 saturated carbocycles. The van der Waals surface area contributed by atoms with E-state index in [0.717, 1.165) is 32.3 Å². The van der Waals surface area contributed by atoms with E-state index in [1.54, 1.807) is 18.2 Å². The molecule has 1 aromatic carbocycles. The summed E-state index contributed by atoms with van der Waals surface area (Å²) >= 11 is 0. The molecule has 2 amide bonds. The normalized spacial score (nSPS) is 22.5. The second-order valence-corrected chi connectivity index (χ2v) is 6.41. The standard InChI is InChI=1S/C19H24N2O3/c22-18(12-14-6-1-2-7-14)21-17-10-4-3-9-16(17)19(23)20-13-15-8-5-11-24-15/h1,3-4,6,9-10,14-15H,2,5,7-8,11-13H2,(H,20,23)(H,21,22)/t14-,15-/m1/s1. The summed E-state index contributed by atoms with van der Waals surface area (Å²) in [5.41, 5.74) is 1.06. The Morgan fingerprint density at radius 2 is 2.08 bits per heavy atom. The van der Waals surface area contributed by atoms with Crippen molar-refractivity contribution in [2.24, 2.45) is 5.92 Å². The van der Waals surface area contributed by atoms with Crippen molar-refractivity contribution in [2.45, 2.75) is 38.2 Å². The molecule has 2 N–H and O–H groups in total. The van der Waals surface area contributed by atoms with Crippen LogP contribution in [0.2, 0.25) is 0 Å². The Morgan fingerprint density at radius 3 is 2.83 bits per heavy atom. The molecule has 2 atom stereocenters. The van der Waals surface area contributed by atoms with E-state index < -0.39 is 0 Å². The number of benzene rings is 1. The Morgan fingerprint density at radius 1 is 1.21 bits per heavy atom. The molecule has 1 fully saturated rings. The monoisotopic (exact) mass is 328 g/mol. The summed E-state index contributed by atoms with van der Waals surface area (Å²) in [5.74, 6) is 0.0820. The number of anilines is 1. The van der Waals surface area contributed by atoms with Crippen LogP contribution >= 0.6 is 0 Å². The molecule has 24 heavy (non-hydrogen) atoms. The van der Waals surface area contributed by atoms with Crippen molar-refractivity contribution in [2.75, 3.05) is 18.5 Å². The lowest BCUT2D eigenvalue weighted by Gasteiger charge is -2.14. The lowest BCUT2D eigenvalue weighted by molar-refractivity contribution is -0.116. The first-order chi connectivity index (χ1) is 11.7. The molecule has 0 radical (unpaired) electrons. The molecule has 0 aromatic heterocycles. The van der Waals surface area contributed by atoms with Gasteiger partial charge in [0.2, 0.25) is 5.91 Å². The predicted molar refractivity (Wildman–Crippen MR) is 92.9 cm³/mol. The van der Waals surface area contributed by atoms with Gasteiger partial charge in [-0.05, 0) is 43.7 Å².